The van der Waals surface area contributed by atoms with Crippen LogP contribution in [0.3, 0.4) is 0 Å². The highest BCUT2D eigenvalue weighted by Gasteiger charge is 2.20. The molecule has 6 nitrogen and oxygen atoms in total. The van der Waals surface area contributed by atoms with Crippen LogP contribution in [0, 0.1) is 13.8 Å². The van der Waals surface area contributed by atoms with Crippen LogP contribution in [0.5, 0.6) is 0 Å². The molecule has 0 aliphatic heterocycles. The predicted octanol–water partition coefficient (Wildman–Crippen LogP) is 2.78. The third kappa shape index (κ3) is 4.07. The van der Waals surface area contributed by atoms with Crippen molar-refractivity contribution < 1.29 is 4.79 Å². The van der Waals surface area contributed by atoms with E-state index in [4.69, 9.17) is 0 Å². The van der Waals surface area contributed by atoms with Crippen LogP contribution in [0.25, 0.3) is 0 Å². The summed E-state index contributed by atoms with van der Waals surface area (Å²) in [7, 11) is 0. The molecule has 0 fully saturated rings. The van der Waals surface area contributed by atoms with Gasteiger partial charge in [-0.1, -0.05) is 17.8 Å². The number of anilines is 1. The molecule has 1 aromatic heterocycles. The van der Waals surface area contributed by atoms with E-state index in [-0.39, 0.29) is 17.2 Å². The number of thioether (sulfide) groups is 1. The van der Waals surface area contributed by atoms with E-state index < -0.39 is 0 Å². The maximum Gasteiger partial charge on any atom is 0.234 e. The van der Waals surface area contributed by atoms with Crippen LogP contribution in [0.2, 0.25) is 0 Å². The van der Waals surface area contributed by atoms with Gasteiger partial charge in [-0.3, -0.25) is 4.79 Å². The van der Waals surface area contributed by atoms with Gasteiger partial charge in [-0.05, 0) is 68.3 Å². The fourth-order valence-corrected chi connectivity index (χ4v) is 2.70. The van der Waals surface area contributed by atoms with E-state index in [1.807, 2.05) is 52.8 Å². The first-order chi connectivity index (χ1) is 10.3. The second kappa shape index (κ2) is 6.48. The van der Waals surface area contributed by atoms with Crippen LogP contribution in [0.4, 0.5) is 5.69 Å². The number of tetrazole rings is 1. The van der Waals surface area contributed by atoms with E-state index in [2.05, 4.69) is 20.8 Å². The van der Waals surface area contributed by atoms with Gasteiger partial charge in [0.2, 0.25) is 11.1 Å². The van der Waals surface area contributed by atoms with Gasteiger partial charge in [0.1, 0.15) is 0 Å². The second-order valence-corrected chi connectivity index (χ2v) is 7.12. The molecule has 0 saturated carbocycles. The zero-order valence-electron chi connectivity index (χ0n) is 13.5. The van der Waals surface area contributed by atoms with Crippen molar-refractivity contribution in [2.45, 2.75) is 45.3 Å². The zero-order valence-corrected chi connectivity index (χ0v) is 14.4. The number of rotatable bonds is 4. The van der Waals surface area contributed by atoms with Crippen LogP contribution < -0.4 is 5.32 Å². The summed E-state index contributed by atoms with van der Waals surface area (Å²) in [5.41, 5.74) is 2.96. The molecule has 1 amide bonds. The van der Waals surface area contributed by atoms with Gasteiger partial charge in [0.15, 0.2) is 0 Å². The van der Waals surface area contributed by atoms with Gasteiger partial charge in [-0.2, -0.15) is 0 Å². The average molecular weight is 319 g/mol. The van der Waals surface area contributed by atoms with Gasteiger partial charge >= 0.3 is 0 Å². The van der Waals surface area contributed by atoms with Crippen molar-refractivity contribution >= 4 is 23.4 Å². The van der Waals surface area contributed by atoms with Gasteiger partial charge < -0.3 is 5.32 Å². The Labute approximate surface area is 134 Å². The number of carbonyl (C=O) groups is 1. The molecule has 118 valence electrons. The van der Waals surface area contributed by atoms with Crippen molar-refractivity contribution in [3.63, 3.8) is 0 Å². The number of carbonyl (C=O) groups excluding carboxylic acids is 1. The quantitative estimate of drug-likeness (QED) is 0.877. The third-order valence-electron chi connectivity index (χ3n) is 3.20. The van der Waals surface area contributed by atoms with Crippen molar-refractivity contribution in [3.05, 3.63) is 29.3 Å². The highest BCUT2D eigenvalue weighted by Crippen LogP contribution is 2.21. The summed E-state index contributed by atoms with van der Waals surface area (Å²) >= 11 is 1.33. The number of aryl methyl sites for hydroxylation is 2. The summed E-state index contributed by atoms with van der Waals surface area (Å²) < 4.78 is 1.72. The minimum absolute atomic E-state index is 0.0725. The normalized spacial score (nSPS) is 11.5. The van der Waals surface area contributed by atoms with E-state index in [9.17, 15) is 4.79 Å². The molecule has 0 aliphatic rings. The topological polar surface area (TPSA) is 72.7 Å². The molecular weight excluding hydrogens is 298 g/mol. The lowest BCUT2D eigenvalue weighted by atomic mass is 10.1. The van der Waals surface area contributed by atoms with E-state index >= 15 is 0 Å². The first-order valence-electron chi connectivity index (χ1n) is 7.06. The van der Waals surface area contributed by atoms with Gasteiger partial charge in [0, 0.05) is 5.69 Å². The average Bonchev–Trinajstić information content (AvgIpc) is 2.89. The van der Waals surface area contributed by atoms with Crippen molar-refractivity contribution in [1.29, 1.82) is 0 Å². The Morgan fingerprint density at radius 2 is 2.00 bits per heavy atom. The molecule has 22 heavy (non-hydrogen) atoms. The largest absolute Gasteiger partial charge is 0.325 e. The van der Waals surface area contributed by atoms with Crippen molar-refractivity contribution in [2.24, 2.45) is 0 Å². The van der Waals surface area contributed by atoms with Gasteiger partial charge in [-0.15, -0.1) is 5.10 Å². The number of amides is 1. The minimum Gasteiger partial charge on any atom is -0.325 e. The molecule has 1 heterocycles. The molecule has 0 atom stereocenters. The Balaban J connectivity index is 1.96. The van der Waals surface area contributed by atoms with E-state index in [1.165, 1.54) is 17.3 Å². The number of hydrogen-bond acceptors (Lipinski definition) is 5. The number of nitrogens with zero attached hydrogens (tertiary/aromatic N) is 4. The van der Waals surface area contributed by atoms with Crippen molar-refractivity contribution in [3.8, 4) is 0 Å². The third-order valence-corrected chi connectivity index (χ3v) is 4.12. The molecular formula is C15H21N5OS. The molecule has 7 heteroatoms. The van der Waals surface area contributed by atoms with E-state index in [0.29, 0.717) is 5.16 Å². The highest BCUT2D eigenvalue weighted by molar-refractivity contribution is 7.99. The van der Waals surface area contributed by atoms with Gasteiger partial charge in [0.05, 0.1) is 11.3 Å². The molecule has 1 N–H and O–H groups in total. The van der Waals surface area contributed by atoms with E-state index in [0.717, 1.165) is 11.3 Å². The smallest absolute Gasteiger partial charge is 0.234 e. The molecule has 0 unspecified atom stereocenters. The van der Waals surface area contributed by atoms with Gasteiger partial charge in [0.25, 0.3) is 0 Å². The maximum absolute atomic E-state index is 12.1. The monoisotopic (exact) mass is 319 g/mol. The summed E-state index contributed by atoms with van der Waals surface area (Å²) in [6, 6.07) is 5.87. The van der Waals surface area contributed by atoms with Crippen LogP contribution >= 0.6 is 11.8 Å². The summed E-state index contributed by atoms with van der Waals surface area (Å²) in [6.45, 7) is 10.1. The summed E-state index contributed by atoms with van der Waals surface area (Å²) in [5, 5.41) is 15.2. The summed E-state index contributed by atoms with van der Waals surface area (Å²) in [4.78, 5) is 12.1. The lowest BCUT2D eigenvalue weighted by Crippen LogP contribution is -2.24. The number of nitrogens with one attached hydrogen (secondary N) is 1. The maximum atomic E-state index is 12.1. The zero-order chi connectivity index (χ0) is 16.3. The highest BCUT2D eigenvalue weighted by atomic mass is 32.2. The SMILES string of the molecule is Cc1ccc(NC(=O)CSc2nnnn2C(C)(C)C)cc1C. The first-order valence-corrected chi connectivity index (χ1v) is 8.04. The van der Waals surface area contributed by atoms with Crippen LogP contribution in [-0.2, 0) is 10.3 Å². The number of aromatic nitrogens is 4. The molecule has 2 aromatic rings. The standard InChI is InChI=1S/C15H21N5OS/c1-10-6-7-12(8-11(10)2)16-13(21)9-22-14-17-18-19-20(14)15(3,4)5/h6-8H,9H2,1-5H3,(H,16,21). The number of benzene rings is 1. The number of hydrogen-bond donors (Lipinski definition) is 1. The second-order valence-electron chi connectivity index (χ2n) is 6.18. The first kappa shape index (κ1) is 16.5. The van der Waals surface area contributed by atoms with Crippen LogP contribution in [0.15, 0.2) is 23.4 Å². The molecule has 0 spiro atoms. The molecule has 0 radical (unpaired) electrons. The Hall–Kier alpha value is -1.89. The molecule has 0 bridgehead atoms. The fraction of sp³-hybridized carbons (Fsp3) is 0.467. The van der Waals surface area contributed by atoms with Crippen molar-refractivity contribution in [1.82, 2.24) is 20.2 Å². The molecule has 1 aromatic carbocycles. The lowest BCUT2D eigenvalue weighted by molar-refractivity contribution is -0.113. The lowest BCUT2D eigenvalue weighted by Gasteiger charge is -2.19. The molecule has 0 aliphatic carbocycles. The Kier molecular flexibility index (Phi) is 4.85. The Morgan fingerprint density at radius 1 is 1.27 bits per heavy atom. The summed E-state index contributed by atoms with van der Waals surface area (Å²) in [6.07, 6.45) is 0. The Bertz CT molecular complexity index is 675. The summed E-state index contributed by atoms with van der Waals surface area (Å²) in [5.74, 6) is 0.195. The predicted molar refractivity (Wildman–Crippen MR) is 88.1 cm³/mol. The van der Waals surface area contributed by atoms with Crippen LogP contribution in [0.1, 0.15) is 31.9 Å². The molecule has 0 saturated heterocycles. The minimum atomic E-state index is -0.212. The van der Waals surface area contributed by atoms with Crippen molar-refractivity contribution in [2.75, 3.05) is 11.1 Å². The van der Waals surface area contributed by atoms with E-state index in [1.54, 1.807) is 4.68 Å². The molecule has 2 rings (SSSR count). The fourth-order valence-electron chi connectivity index (χ4n) is 1.84. The van der Waals surface area contributed by atoms with Crippen LogP contribution in [-0.4, -0.2) is 31.9 Å². The Morgan fingerprint density at radius 3 is 2.64 bits per heavy atom. The van der Waals surface area contributed by atoms with Gasteiger partial charge in [-0.25, -0.2) is 4.68 Å².